The molecular weight excluding hydrogens is 257 g/mol. The third-order valence-electron chi connectivity index (χ3n) is 2.72. The largest absolute Gasteiger partial charge is 0.394 e. The number of hydrogen-bond acceptors (Lipinski definition) is 4. The second-order valence-electron chi connectivity index (χ2n) is 4.37. The summed E-state index contributed by atoms with van der Waals surface area (Å²) in [6.07, 6.45) is -3.15. The number of hydrogen-bond donors (Lipinski definition) is 1. The molecule has 0 aromatic rings. The van der Waals surface area contributed by atoms with Gasteiger partial charge in [-0.3, -0.25) is 0 Å². The van der Waals surface area contributed by atoms with E-state index in [4.69, 9.17) is 0 Å². The SMILES string of the molecule is CS(=O)(=O)CCN1CCNCC(C(F)(F)F)C1. The highest BCUT2D eigenvalue weighted by molar-refractivity contribution is 7.90. The van der Waals surface area contributed by atoms with Crippen molar-refractivity contribution in [2.75, 3.05) is 44.7 Å². The van der Waals surface area contributed by atoms with E-state index in [0.717, 1.165) is 6.26 Å². The van der Waals surface area contributed by atoms with Crippen LogP contribution >= 0.6 is 0 Å². The minimum atomic E-state index is -4.24. The van der Waals surface area contributed by atoms with Gasteiger partial charge in [-0.1, -0.05) is 0 Å². The first-order valence-electron chi connectivity index (χ1n) is 5.36. The predicted octanol–water partition coefficient (Wildman–Crippen LogP) is 0.115. The van der Waals surface area contributed by atoms with Crippen molar-refractivity contribution in [3.05, 3.63) is 0 Å². The normalized spacial score (nSPS) is 24.6. The number of nitrogens with zero attached hydrogens (tertiary/aromatic N) is 1. The summed E-state index contributed by atoms with van der Waals surface area (Å²) in [5.74, 6) is -1.53. The molecule has 0 aromatic heterocycles. The van der Waals surface area contributed by atoms with Gasteiger partial charge in [0, 0.05) is 39.0 Å². The Bertz CT molecular complexity index is 343. The van der Waals surface area contributed by atoms with Crippen molar-refractivity contribution >= 4 is 9.84 Å². The molecule has 4 nitrogen and oxygen atoms in total. The van der Waals surface area contributed by atoms with Crippen LogP contribution in [0.25, 0.3) is 0 Å². The lowest BCUT2D eigenvalue weighted by Gasteiger charge is -2.24. The van der Waals surface area contributed by atoms with Crippen molar-refractivity contribution in [2.24, 2.45) is 5.92 Å². The first-order chi connectivity index (χ1) is 7.68. The molecule has 0 amide bonds. The lowest BCUT2D eigenvalue weighted by Crippen LogP contribution is -2.39. The average Bonchev–Trinajstić information content (AvgIpc) is 2.37. The Balaban J connectivity index is 2.55. The van der Waals surface area contributed by atoms with E-state index >= 15 is 0 Å². The van der Waals surface area contributed by atoms with Crippen molar-refractivity contribution in [1.29, 1.82) is 0 Å². The first kappa shape index (κ1) is 14.7. The Labute approximate surface area is 99.1 Å². The Morgan fingerprint density at radius 3 is 2.59 bits per heavy atom. The van der Waals surface area contributed by atoms with Crippen LogP contribution in [0.15, 0.2) is 0 Å². The zero-order valence-corrected chi connectivity index (χ0v) is 10.4. The maximum absolute atomic E-state index is 12.6. The minimum Gasteiger partial charge on any atom is -0.315 e. The van der Waals surface area contributed by atoms with Gasteiger partial charge in [0.05, 0.1) is 11.7 Å². The van der Waals surface area contributed by atoms with E-state index in [0.29, 0.717) is 13.1 Å². The van der Waals surface area contributed by atoms with Gasteiger partial charge >= 0.3 is 6.18 Å². The second kappa shape index (κ2) is 5.53. The molecular formula is C9H17F3N2O2S. The zero-order chi connectivity index (χ0) is 13.1. The standard InChI is InChI=1S/C9H17F3N2O2S/c1-17(15,16)5-4-14-3-2-13-6-8(7-14)9(10,11)12/h8,13H,2-7H2,1H3. The molecule has 1 fully saturated rings. The molecule has 1 heterocycles. The third-order valence-corrected chi connectivity index (χ3v) is 3.64. The maximum atomic E-state index is 12.6. The summed E-state index contributed by atoms with van der Waals surface area (Å²) in [7, 11) is -3.13. The van der Waals surface area contributed by atoms with Crippen LogP contribution < -0.4 is 5.32 Å². The van der Waals surface area contributed by atoms with Gasteiger partial charge in [0.15, 0.2) is 0 Å². The molecule has 0 saturated carbocycles. The van der Waals surface area contributed by atoms with Gasteiger partial charge < -0.3 is 10.2 Å². The van der Waals surface area contributed by atoms with E-state index < -0.39 is 21.9 Å². The second-order valence-corrected chi connectivity index (χ2v) is 6.63. The number of sulfone groups is 1. The summed E-state index contributed by atoms with van der Waals surface area (Å²) in [4.78, 5) is 1.55. The quantitative estimate of drug-likeness (QED) is 0.794. The molecule has 8 heteroatoms. The number of halogens is 3. The lowest BCUT2D eigenvalue weighted by atomic mass is 10.1. The first-order valence-corrected chi connectivity index (χ1v) is 7.42. The zero-order valence-electron chi connectivity index (χ0n) is 9.63. The van der Waals surface area contributed by atoms with Crippen molar-refractivity contribution < 1.29 is 21.6 Å². The molecule has 0 aromatic carbocycles. The van der Waals surface area contributed by atoms with Crippen molar-refractivity contribution in [3.8, 4) is 0 Å². The molecule has 1 aliphatic heterocycles. The average molecular weight is 274 g/mol. The molecule has 0 radical (unpaired) electrons. The van der Waals surface area contributed by atoms with Crippen LogP contribution in [0.2, 0.25) is 0 Å². The van der Waals surface area contributed by atoms with Gasteiger partial charge in [0.2, 0.25) is 0 Å². The Hall–Kier alpha value is -0.340. The van der Waals surface area contributed by atoms with Gasteiger partial charge in [-0.25, -0.2) is 8.42 Å². The topological polar surface area (TPSA) is 49.4 Å². The van der Waals surface area contributed by atoms with Crippen LogP contribution in [0.3, 0.4) is 0 Å². The Morgan fingerprint density at radius 2 is 2.06 bits per heavy atom. The molecule has 0 aliphatic carbocycles. The van der Waals surface area contributed by atoms with Crippen LogP contribution in [0.1, 0.15) is 0 Å². The van der Waals surface area contributed by atoms with Crippen LogP contribution in [-0.4, -0.2) is 64.2 Å². The predicted molar refractivity (Wildman–Crippen MR) is 58.6 cm³/mol. The molecule has 17 heavy (non-hydrogen) atoms. The van der Waals surface area contributed by atoms with Crippen molar-refractivity contribution in [2.45, 2.75) is 6.18 Å². The van der Waals surface area contributed by atoms with E-state index in [2.05, 4.69) is 5.32 Å². The number of rotatable bonds is 3. The van der Waals surface area contributed by atoms with E-state index in [-0.39, 0.29) is 25.4 Å². The number of alkyl halides is 3. The lowest BCUT2D eigenvalue weighted by molar-refractivity contribution is -0.175. The van der Waals surface area contributed by atoms with Gasteiger partial charge in [-0.15, -0.1) is 0 Å². The third kappa shape index (κ3) is 5.69. The minimum absolute atomic E-state index is 0.0983. The fourth-order valence-corrected chi connectivity index (χ4v) is 2.29. The Kier molecular flexibility index (Phi) is 4.79. The van der Waals surface area contributed by atoms with E-state index in [1.807, 2.05) is 0 Å². The summed E-state index contributed by atoms with van der Waals surface area (Å²) in [5.41, 5.74) is 0. The molecule has 1 atom stereocenters. The van der Waals surface area contributed by atoms with Crippen molar-refractivity contribution in [3.63, 3.8) is 0 Å². The molecule has 1 rings (SSSR count). The summed E-state index contributed by atoms with van der Waals surface area (Å²) in [6.45, 7) is 0.830. The Morgan fingerprint density at radius 1 is 1.41 bits per heavy atom. The highest BCUT2D eigenvalue weighted by Gasteiger charge is 2.40. The molecule has 1 saturated heterocycles. The van der Waals surface area contributed by atoms with E-state index in [1.54, 1.807) is 4.90 Å². The fraction of sp³-hybridized carbons (Fsp3) is 1.00. The highest BCUT2D eigenvalue weighted by Crippen LogP contribution is 2.27. The highest BCUT2D eigenvalue weighted by atomic mass is 32.2. The number of nitrogens with one attached hydrogen (secondary N) is 1. The summed E-state index contributed by atoms with van der Waals surface area (Å²) >= 11 is 0. The summed E-state index contributed by atoms with van der Waals surface area (Å²) in [6, 6.07) is 0. The van der Waals surface area contributed by atoms with Crippen LogP contribution in [0.4, 0.5) is 13.2 Å². The van der Waals surface area contributed by atoms with E-state index in [9.17, 15) is 21.6 Å². The van der Waals surface area contributed by atoms with Gasteiger partial charge in [0.25, 0.3) is 0 Å². The molecule has 0 bridgehead atoms. The van der Waals surface area contributed by atoms with E-state index in [1.165, 1.54) is 0 Å². The molecule has 1 aliphatic rings. The molecule has 1 N–H and O–H groups in total. The fourth-order valence-electron chi connectivity index (χ4n) is 1.70. The molecule has 102 valence electrons. The van der Waals surface area contributed by atoms with Crippen LogP contribution in [0.5, 0.6) is 0 Å². The summed E-state index contributed by atoms with van der Waals surface area (Å²) in [5, 5.41) is 2.72. The van der Waals surface area contributed by atoms with Gasteiger partial charge in [-0.05, 0) is 0 Å². The summed E-state index contributed by atoms with van der Waals surface area (Å²) < 4.78 is 59.7. The molecule has 1 unspecified atom stereocenters. The van der Waals surface area contributed by atoms with Crippen molar-refractivity contribution in [1.82, 2.24) is 10.2 Å². The van der Waals surface area contributed by atoms with Gasteiger partial charge in [-0.2, -0.15) is 13.2 Å². The van der Waals surface area contributed by atoms with Gasteiger partial charge in [0.1, 0.15) is 9.84 Å². The monoisotopic (exact) mass is 274 g/mol. The smallest absolute Gasteiger partial charge is 0.315 e. The maximum Gasteiger partial charge on any atom is 0.394 e. The van der Waals surface area contributed by atoms with Crippen LogP contribution in [0, 0.1) is 5.92 Å². The van der Waals surface area contributed by atoms with Crippen LogP contribution in [-0.2, 0) is 9.84 Å². The molecule has 0 spiro atoms.